The maximum absolute atomic E-state index is 12.9. The second kappa shape index (κ2) is 4.92. The van der Waals surface area contributed by atoms with Crippen LogP contribution in [-0.4, -0.2) is 31.0 Å². The fourth-order valence-corrected chi connectivity index (χ4v) is 3.94. The van der Waals surface area contributed by atoms with Gasteiger partial charge in [-0.1, -0.05) is 0 Å². The van der Waals surface area contributed by atoms with E-state index in [1.54, 1.807) is 0 Å². The Bertz CT molecular complexity index is 327. The maximum atomic E-state index is 12.9. The fourth-order valence-electron chi connectivity index (χ4n) is 3.94. The van der Waals surface area contributed by atoms with Crippen molar-refractivity contribution in [3.05, 3.63) is 0 Å². The molecule has 3 rings (SSSR count). The highest BCUT2D eigenvalue weighted by atomic mass is 19.4. The molecular weight excluding hydrogens is 255 g/mol. The van der Waals surface area contributed by atoms with Gasteiger partial charge in [0.2, 0.25) is 0 Å². The molecule has 0 aromatic carbocycles. The summed E-state index contributed by atoms with van der Waals surface area (Å²) in [5, 5.41) is 3.32. The van der Waals surface area contributed by atoms with Gasteiger partial charge in [-0.3, -0.25) is 0 Å². The van der Waals surface area contributed by atoms with Crippen LogP contribution in [0, 0.1) is 11.8 Å². The monoisotopic (exact) mass is 277 g/mol. The van der Waals surface area contributed by atoms with Gasteiger partial charge in [0.25, 0.3) is 0 Å². The SMILES string of the molecule is FC(F)(F)C1CCNC(C2CCOC3(CCC3)C2)C1. The van der Waals surface area contributed by atoms with Crippen LogP contribution in [-0.2, 0) is 4.74 Å². The third-order valence-corrected chi connectivity index (χ3v) is 5.27. The van der Waals surface area contributed by atoms with Gasteiger partial charge in [0.1, 0.15) is 0 Å². The zero-order valence-corrected chi connectivity index (χ0v) is 11.1. The summed E-state index contributed by atoms with van der Waals surface area (Å²) in [6, 6.07) is 0.0294. The van der Waals surface area contributed by atoms with Crippen molar-refractivity contribution in [1.82, 2.24) is 5.32 Å². The van der Waals surface area contributed by atoms with Crippen LogP contribution >= 0.6 is 0 Å². The highest BCUT2D eigenvalue weighted by Gasteiger charge is 2.47. The maximum Gasteiger partial charge on any atom is 0.391 e. The second-order valence-corrected chi connectivity index (χ2v) is 6.46. The quantitative estimate of drug-likeness (QED) is 0.794. The number of ether oxygens (including phenoxy) is 1. The van der Waals surface area contributed by atoms with Crippen molar-refractivity contribution in [2.45, 2.75) is 62.8 Å². The summed E-state index contributed by atoms with van der Waals surface area (Å²) in [6.45, 7) is 1.22. The summed E-state index contributed by atoms with van der Waals surface area (Å²) in [4.78, 5) is 0. The number of hydrogen-bond acceptors (Lipinski definition) is 2. The third-order valence-electron chi connectivity index (χ3n) is 5.27. The van der Waals surface area contributed by atoms with E-state index >= 15 is 0 Å². The summed E-state index contributed by atoms with van der Waals surface area (Å²) in [6.07, 6.45) is 1.71. The molecule has 19 heavy (non-hydrogen) atoms. The van der Waals surface area contributed by atoms with Crippen LogP contribution in [0.1, 0.15) is 44.9 Å². The molecular formula is C14H22F3NO. The van der Waals surface area contributed by atoms with Crippen molar-refractivity contribution in [3.8, 4) is 0 Å². The Labute approximate surface area is 112 Å². The standard InChI is InChI=1S/C14H22F3NO/c15-14(16,17)11-2-6-18-12(8-11)10-3-7-19-13(9-10)4-1-5-13/h10-12,18H,1-9H2. The summed E-state index contributed by atoms with van der Waals surface area (Å²) in [5.41, 5.74) is 0.0236. The molecule has 2 heterocycles. The van der Waals surface area contributed by atoms with Gasteiger partial charge in [0, 0.05) is 12.6 Å². The number of hydrogen-bond donors (Lipinski definition) is 1. The molecule has 3 atom stereocenters. The molecule has 1 aliphatic carbocycles. The van der Waals surface area contributed by atoms with Gasteiger partial charge in [-0.2, -0.15) is 13.2 Å². The van der Waals surface area contributed by atoms with Gasteiger partial charge in [-0.05, 0) is 57.4 Å². The lowest BCUT2D eigenvalue weighted by molar-refractivity contribution is -0.188. The minimum Gasteiger partial charge on any atom is -0.375 e. The average molecular weight is 277 g/mol. The van der Waals surface area contributed by atoms with Crippen molar-refractivity contribution in [2.75, 3.05) is 13.2 Å². The van der Waals surface area contributed by atoms with E-state index < -0.39 is 12.1 Å². The van der Waals surface area contributed by atoms with Crippen molar-refractivity contribution >= 4 is 0 Å². The molecule has 0 amide bonds. The molecule has 0 bridgehead atoms. The Morgan fingerprint density at radius 2 is 1.95 bits per heavy atom. The largest absolute Gasteiger partial charge is 0.391 e. The van der Waals surface area contributed by atoms with E-state index in [9.17, 15) is 13.2 Å². The predicted molar refractivity (Wildman–Crippen MR) is 65.8 cm³/mol. The Balaban J connectivity index is 1.61. The molecule has 1 saturated carbocycles. The summed E-state index contributed by atoms with van der Waals surface area (Å²) in [7, 11) is 0. The molecule has 0 aromatic rings. The van der Waals surface area contributed by atoms with E-state index in [0.717, 1.165) is 32.3 Å². The minimum atomic E-state index is -4.03. The number of piperidine rings is 1. The lowest BCUT2D eigenvalue weighted by atomic mass is 9.69. The van der Waals surface area contributed by atoms with Crippen molar-refractivity contribution in [3.63, 3.8) is 0 Å². The summed E-state index contributed by atoms with van der Waals surface area (Å²) in [5.74, 6) is -0.752. The normalized spacial score (nSPS) is 39.0. The summed E-state index contributed by atoms with van der Waals surface area (Å²) >= 11 is 0. The van der Waals surface area contributed by atoms with Crippen LogP contribution in [0.3, 0.4) is 0 Å². The Morgan fingerprint density at radius 1 is 1.16 bits per heavy atom. The molecule has 2 aliphatic heterocycles. The molecule has 0 aromatic heterocycles. The molecule has 3 unspecified atom stereocenters. The van der Waals surface area contributed by atoms with Gasteiger partial charge in [-0.15, -0.1) is 0 Å². The van der Waals surface area contributed by atoms with Gasteiger partial charge in [0.05, 0.1) is 11.5 Å². The fraction of sp³-hybridized carbons (Fsp3) is 1.00. The van der Waals surface area contributed by atoms with E-state index in [1.165, 1.54) is 6.42 Å². The Morgan fingerprint density at radius 3 is 2.58 bits per heavy atom. The third kappa shape index (κ3) is 2.77. The van der Waals surface area contributed by atoms with Crippen LogP contribution < -0.4 is 5.32 Å². The summed E-state index contributed by atoms with van der Waals surface area (Å²) < 4.78 is 44.4. The first-order valence-corrected chi connectivity index (χ1v) is 7.43. The smallest absolute Gasteiger partial charge is 0.375 e. The molecule has 0 radical (unpaired) electrons. The van der Waals surface area contributed by atoms with Crippen molar-refractivity contribution < 1.29 is 17.9 Å². The van der Waals surface area contributed by atoms with E-state index in [0.29, 0.717) is 12.5 Å². The molecule has 3 aliphatic rings. The number of halogens is 3. The van der Waals surface area contributed by atoms with Crippen LogP contribution in [0.4, 0.5) is 13.2 Å². The molecule has 1 N–H and O–H groups in total. The number of alkyl halides is 3. The van der Waals surface area contributed by atoms with Crippen LogP contribution in [0.25, 0.3) is 0 Å². The lowest BCUT2D eigenvalue weighted by Gasteiger charge is -2.49. The first-order valence-electron chi connectivity index (χ1n) is 7.43. The molecule has 2 saturated heterocycles. The second-order valence-electron chi connectivity index (χ2n) is 6.46. The number of rotatable bonds is 1. The van der Waals surface area contributed by atoms with E-state index in [1.807, 2.05) is 0 Å². The van der Waals surface area contributed by atoms with Gasteiger partial charge >= 0.3 is 6.18 Å². The minimum absolute atomic E-state index is 0.0236. The molecule has 1 spiro atoms. The van der Waals surface area contributed by atoms with Gasteiger partial charge < -0.3 is 10.1 Å². The zero-order chi connectivity index (χ0) is 13.5. The Hall–Kier alpha value is -0.290. The molecule has 5 heteroatoms. The highest BCUT2D eigenvalue weighted by molar-refractivity contribution is 4.98. The molecule has 2 nitrogen and oxygen atoms in total. The van der Waals surface area contributed by atoms with Crippen molar-refractivity contribution in [1.29, 1.82) is 0 Å². The predicted octanol–water partition coefficient (Wildman–Crippen LogP) is 3.27. The first-order chi connectivity index (χ1) is 8.99. The van der Waals surface area contributed by atoms with Gasteiger partial charge in [-0.25, -0.2) is 0 Å². The van der Waals surface area contributed by atoms with E-state index in [2.05, 4.69) is 5.32 Å². The molecule has 3 fully saturated rings. The van der Waals surface area contributed by atoms with E-state index in [-0.39, 0.29) is 24.5 Å². The highest BCUT2D eigenvalue weighted by Crippen LogP contribution is 2.46. The lowest BCUT2D eigenvalue weighted by Crippen LogP contribution is -2.53. The van der Waals surface area contributed by atoms with Gasteiger partial charge in [0.15, 0.2) is 0 Å². The van der Waals surface area contributed by atoms with Crippen LogP contribution in [0.5, 0.6) is 0 Å². The Kier molecular flexibility index (Phi) is 3.54. The van der Waals surface area contributed by atoms with Crippen LogP contribution in [0.2, 0.25) is 0 Å². The zero-order valence-electron chi connectivity index (χ0n) is 11.1. The first kappa shape index (κ1) is 13.7. The average Bonchev–Trinajstić information content (AvgIpc) is 2.36. The van der Waals surface area contributed by atoms with E-state index in [4.69, 9.17) is 4.74 Å². The molecule has 110 valence electrons. The number of nitrogens with one attached hydrogen (secondary N) is 1. The van der Waals surface area contributed by atoms with Crippen LogP contribution in [0.15, 0.2) is 0 Å². The van der Waals surface area contributed by atoms with Crippen molar-refractivity contribution in [2.24, 2.45) is 11.8 Å². The topological polar surface area (TPSA) is 21.3 Å².